The average molecular weight is 387 g/mol. The number of aromatic nitrogens is 1. The van der Waals surface area contributed by atoms with Crippen LogP contribution in [0.3, 0.4) is 0 Å². The fourth-order valence-corrected chi connectivity index (χ4v) is 4.31. The summed E-state index contributed by atoms with van der Waals surface area (Å²) in [7, 11) is 2.13. The fraction of sp³-hybridized carbons (Fsp3) is 0.333. The van der Waals surface area contributed by atoms with Gasteiger partial charge in [0.1, 0.15) is 0 Å². The molecular formula is C21H23F2N3S. The van der Waals surface area contributed by atoms with Gasteiger partial charge < -0.3 is 9.88 Å². The molecule has 1 aliphatic rings. The van der Waals surface area contributed by atoms with E-state index in [4.69, 9.17) is 0 Å². The summed E-state index contributed by atoms with van der Waals surface area (Å²) in [5.74, 6) is -0.538. The average Bonchev–Trinajstić information content (AvgIpc) is 2.95. The van der Waals surface area contributed by atoms with Crippen molar-refractivity contribution in [1.29, 1.82) is 0 Å². The number of rotatable bonds is 5. The lowest BCUT2D eigenvalue weighted by Gasteiger charge is -2.27. The Kier molecular flexibility index (Phi) is 5.10. The van der Waals surface area contributed by atoms with Gasteiger partial charge in [-0.05, 0) is 42.2 Å². The molecule has 27 heavy (non-hydrogen) atoms. The minimum atomic E-state index is -0.845. The maximum atomic E-state index is 13.5. The van der Waals surface area contributed by atoms with E-state index in [0.29, 0.717) is 5.69 Å². The summed E-state index contributed by atoms with van der Waals surface area (Å²) in [6.45, 7) is 3.16. The zero-order valence-electron chi connectivity index (χ0n) is 15.6. The summed E-state index contributed by atoms with van der Waals surface area (Å²) in [6, 6.07) is 10.1. The molecule has 0 atom stereocenters. The van der Waals surface area contributed by atoms with Crippen LogP contribution in [-0.4, -0.2) is 34.6 Å². The van der Waals surface area contributed by atoms with Crippen LogP contribution in [0.1, 0.15) is 11.3 Å². The van der Waals surface area contributed by atoms with Crippen molar-refractivity contribution in [2.24, 2.45) is 7.05 Å². The number of benzene rings is 2. The molecule has 6 heteroatoms. The number of anilines is 2. The molecule has 1 aliphatic heterocycles. The summed E-state index contributed by atoms with van der Waals surface area (Å²) in [4.78, 5) is 2.51. The maximum absolute atomic E-state index is 13.5. The highest BCUT2D eigenvalue weighted by Gasteiger charge is 2.22. The molecule has 0 bridgehead atoms. The molecule has 2 heterocycles. The molecule has 0 aliphatic carbocycles. The van der Waals surface area contributed by atoms with Crippen LogP contribution >= 0.6 is 11.8 Å². The standard InChI is InChI=1S/C21H23F2N3S/c1-25-20-6-4-14(24-15-3-5-18(22)19(23)12-15)11-16(20)17-13-26(9-10-27-2)8-7-21(17)25/h3-6,11-12,24H,7-10,13H2,1-2H3. The maximum Gasteiger partial charge on any atom is 0.160 e. The number of thioether (sulfide) groups is 1. The number of halogens is 2. The second-order valence-electron chi connectivity index (χ2n) is 6.99. The van der Waals surface area contributed by atoms with Crippen molar-refractivity contribution in [3.8, 4) is 0 Å². The molecule has 3 nitrogen and oxygen atoms in total. The van der Waals surface area contributed by atoms with Gasteiger partial charge in [-0.3, -0.25) is 4.90 Å². The van der Waals surface area contributed by atoms with Gasteiger partial charge >= 0.3 is 0 Å². The van der Waals surface area contributed by atoms with E-state index in [1.165, 1.54) is 28.2 Å². The van der Waals surface area contributed by atoms with Crippen molar-refractivity contribution >= 4 is 34.0 Å². The van der Waals surface area contributed by atoms with Gasteiger partial charge in [-0.15, -0.1) is 0 Å². The van der Waals surface area contributed by atoms with Gasteiger partial charge in [-0.25, -0.2) is 8.78 Å². The van der Waals surface area contributed by atoms with Crippen LogP contribution in [-0.2, 0) is 20.0 Å². The molecular weight excluding hydrogens is 364 g/mol. The van der Waals surface area contributed by atoms with E-state index in [2.05, 4.69) is 40.2 Å². The Balaban J connectivity index is 1.66. The van der Waals surface area contributed by atoms with Crippen LogP contribution in [0.5, 0.6) is 0 Å². The number of nitrogens with one attached hydrogen (secondary N) is 1. The van der Waals surface area contributed by atoms with Crippen molar-refractivity contribution in [1.82, 2.24) is 9.47 Å². The summed E-state index contributed by atoms with van der Waals surface area (Å²) in [5.41, 5.74) is 5.41. The predicted octanol–water partition coefficient (Wildman–Crippen LogP) is 4.92. The van der Waals surface area contributed by atoms with E-state index in [1.807, 2.05) is 17.8 Å². The van der Waals surface area contributed by atoms with Gasteiger partial charge in [0.25, 0.3) is 0 Å². The van der Waals surface area contributed by atoms with Gasteiger partial charge in [0.15, 0.2) is 11.6 Å². The Bertz CT molecular complexity index is 983. The smallest absolute Gasteiger partial charge is 0.160 e. The Morgan fingerprint density at radius 3 is 2.63 bits per heavy atom. The SMILES string of the molecule is CSCCN1CCc2c(c3cc(Nc4ccc(F)c(F)c4)ccc3n2C)C1. The third-order valence-electron chi connectivity index (χ3n) is 5.30. The molecule has 1 aromatic heterocycles. The molecule has 0 saturated heterocycles. The van der Waals surface area contributed by atoms with E-state index in [9.17, 15) is 8.78 Å². The second kappa shape index (κ2) is 7.52. The van der Waals surface area contributed by atoms with Crippen molar-refractivity contribution in [2.75, 3.05) is 30.4 Å². The molecule has 0 saturated carbocycles. The highest BCUT2D eigenvalue weighted by molar-refractivity contribution is 7.98. The van der Waals surface area contributed by atoms with E-state index >= 15 is 0 Å². The lowest BCUT2D eigenvalue weighted by Crippen LogP contribution is -2.32. The molecule has 142 valence electrons. The Morgan fingerprint density at radius 2 is 1.85 bits per heavy atom. The van der Waals surface area contributed by atoms with E-state index in [-0.39, 0.29) is 0 Å². The summed E-state index contributed by atoms with van der Waals surface area (Å²) in [5, 5.41) is 4.42. The van der Waals surface area contributed by atoms with Crippen LogP contribution in [0.15, 0.2) is 36.4 Å². The number of nitrogens with zero attached hydrogens (tertiary/aromatic N) is 2. The third-order valence-corrected chi connectivity index (χ3v) is 5.89. The summed E-state index contributed by atoms with van der Waals surface area (Å²) >= 11 is 1.88. The quantitative estimate of drug-likeness (QED) is 0.671. The first-order chi connectivity index (χ1) is 13.1. The zero-order valence-corrected chi connectivity index (χ0v) is 16.4. The van der Waals surface area contributed by atoms with Crippen molar-refractivity contribution in [3.63, 3.8) is 0 Å². The van der Waals surface area contributed by atoms with Gasteiger partial charge in [0.05, 0.1) is 0 Å². The molecule has 0 unspecified atom stereocenters. The molecule has 4 rings (SSSR count). The lowest BCUT2D eigenvalue weighted by atomic mass is 10.0. The molecule has 2 aromatic carbocycles. The number of hydrogen-bond acceptors (Lipinski definition) is 3. The topological polar surface area (TPSA) is 20.2 Å². The molecule has 1 N–H and O–H groups in total. The Labute approximate surface area is 162 Å². The largest absolute Gasteiger partial charge is 0.355 e. The predicted molar refractivity (Wildman–Crippen MR) is 110 cm³/mol. The van der Waals surface area contributed by atoms with Crippen molar-refractivity contribution < 1.29 is 8.78 Å². The van der Waals surface area contributed by atoms with Gasteiger partial charge in [-0.2, -0.15) is 11.8 Å². The van der Waals surface area contributed by atoms with E-state index in [0.717, 1.165) is 43.6 Å². The zero-order chi connectivity index (χ0) is 19.0. The monoisotopic (exact) mass is 387 g/mol. The summed E-state index contributed by atoms with van der Waals surface area (Å²) in [6.07, 6.45) is 3.20. The highest BCUT2D eigenvalue weighted by Crippen LogP contribution is 2.33. The summed E-state index contributed by atoms with van der Waals surface area (Å²) < 4.78 is 28.9. The molecule has 0 spiro atoms. The molecule has 3 aromatic rings. The van der Waals surface area contributed by atoms with Crippen LogP contribution < -0.4 is 5.32 Å². The highest BCUT2D eigenvalue weighted by atomic mass is 32.2. The van der Waals surface area contributed by atoms with Crippen LogP contribution in [0.4, 0.5) is 20.2 Å². The minimum Gasteiger partial charge on any atom is -0.355 e. The molecule has 0 amide bonds. The number of fused-ring (bicyclic) bond motifs is 3. The van der Waals surface area contributed by atoms with E-state index in [1.54, 1.807) is 6.07 Å². The van der Waals surface area contributed by atoms with Crippen LogP contribution in [0.2, 0.25) is 0 Å². The third kappa shape index (κ3) is 3.56. The minimum absolute atomic E-state index is 0.541. The Morgan fingerprint density at radius 1 is 1.07 bits per heavy atom. The van der Waals surface area contributed by atoms with Crippen LogP contribution in [0, 0.1) is 11.6 Å². The van der Waals surface area contributed by atoms with E-state index < -0.39 is 11.6 Å². The van der Waals surface area contributed by atoms with Crippen molar-refractivity contribution in [2.45, 2.75) is 13.0 Å². The first kappa shape index (κ1) is 18.3. The van der Waals surface area contributed by atoms with Gasteiger partial charge in [-0.1, -0.05) is 0 Å². The molecule has 0 radical (unpaired) electrons. The number of aryl methyl sites for hydroxylation is 1. The molecule has 0 fully saturated rings. The second-order valence-corrected chi connectivity index (χ2v) is 7.97. The number of hydrogen-bond donors (Lipinski definition) is 1. The van der Waals surface area contributed by atoms with Crippen molar-refractivity contribution in [3.05, 3.63) is 59.3 Å². The van der Waals surface area contributed by atoms with Crippen LogP contribution in [0.25, 0.3) is 10.9 Å². The fourth-order valence-electron chi connectivity index (χ4n) is 3.86. The Hall–Kier alpha value is -2.05. The lowest BCUT2D eigenvalue weighted by molar-refractivity contribution is 0.268. The normalized spacial score (nSPS) is 14.5. The van der Waals surface area contributed by atoms with Gasteiger partial charge in [0, 0.05) is 72.9 Å². The van der Waals surface area contributed by atoms with Gasteiger partial charge in [0.2, 0.25) is 0 Å². The first-order valence-electron chi connectivity index (χ1n) is 9.10. The first-order valence-corrected chi connectivity index (χ1v) is 10.5.